The second-order valence-corrected chi connectivity index (χ2v) is 3.41. The minimum Gasteiger partial charge on any atom is -0.383 e. The molecular formula is C10H22N2O3. The normalized spacial score (nSPS) is 14.7. The molecule has 0 spiro atoms. The van der Waals surface area contributed by atoms with Crippen LogP contribution in [-0.4, -0.2) is 45.4 Å². The maximum atomic E-state index is 11.6. The van der Waals surface area contributed by atoms with Gasteiger partial charge < -0.3 is 20.5 Å². The Morgan fingerprint density at radius 2 is 2.13 bits per heavy atom. The molecule has 0 aromatic rings. The Kier molecular flexibility index (Phi) is 8.27. The first-order valence-electron chi connectivity index (χ1n) is 5.21. The summed E-state index contributed by atoms with van der Waals surface area (Å²) < 4.78 is 9.96. The molecule has 0 rings (SSSR count). The maximum Gasteiger partial charge on any atom is 0.250 e. The number of carbonyl (C=O) groups is 1. The Labute approximate surface area is 91.3 Å². The summed E-state index contributed by atoms with van der Waals surface area (Å²) in [4.78, 5) is 11.6. The van der Waals surface area contributed by atoms with Gasteiger partial charge in [0, 0.05) is 20.8 Å². The van der Waals surface area contributed by atoms with E-state index >= 15 is 0 Å². The topological polar surface area (TPSA) is 73.6 Å². The molecule has 0 saturated heterocycles. The van der Waals surface area contributed by atoms with E-state index in [9.17, 15) is 4.79 Å². The fourth-order valence-corrected chi connectivity index (χ4v) is 1.35. The van der Waals surface area contributed by atoms with Crippen LogP contribution in [0.4, 0.5) is 0 Å². The third-order valence-corrected chi connectivity index (χ3v) is 2.14. The van der Waals surface area contributed by atoms with Crippen molar-refractivity contribution in [1.82, 2.24) is 5.32 Å². The Morgan fingerprint density at radius 3 is 2.53 bits per heavy atom. The van der Waals surface area contributed by atoms with Gasteiger partial charge in [0.05, 0.1) is 12.6 Å². The molecule has 1 amide bonds. The molecule has 2 atom stereocenters. The lowest BCUT2D eigenvalue weighted by molar-refractivity contribution is -0.131. The zero-order valence-electron chi connectivity index (χ0n) is 9.79. The SMILES string of the molecule is CCCC(COC)NC(=O)C(CN)OC. The van der Waals surface area contributed by atoms with Crippen molar-refractivity contribution in [2.45, 2.75) is 31.9 Å². The molecule has 0 heterocycles. The summed E-state index contributed by atoms with van der Waals surface area (Å²) in [5, 5.41) is 2.85. The Balaban J connectivity index is 4.07. The van der Waals surface area contributed by atoms with Crippen molar-refractivity contribution in [2.75, 3.05) is 27.4 Å². The van der Waals surface area contributed by atoms with E-state index in [4.69, 9.17) is 15.2 Å². The highest BCUT2D eigenvalue weighted by molar-refractivity contribution is 5.81. The number of hydrogen-bond donors (Lipinski definition) is 2. The van der Waals surface area contributed by atoms with Gasteiger partial charge in [-0.25, -0.2) is 0 Å². The number of nitrogens with two attached hydrogens (primary N) is 1. The second-order valence-electron chi connectivity index (χ2n) is 3.41. The summed E-state index contributed by atoms with van der Waals surface area (Å²) in [6.07, 6.45) is 1.32. The molecule has 15 heavy (non-hydrogen) atoms. The molecule has 90 valence electrons. The van der Waals surface area contributed by atoms with Gasteiger partial charge in [-0.15, -0.1) is 0 Å². The van der Waals surface area contributed by atoms with Gasteiger partial charge in [-0.3, -0.25) is 4.79 Å². The molecule has 0 aromatic heterocycles. The molecule has 0 aliphatic carbocycles. The number of carbonyl (C=O) groups excluding carboxylic acids is 1. The van der Waals surface area contributed by atoms with Gasteiger partial charge in [-0.2, -0.15) is 0 Å². The molecule has 0 fully saturated rings. The molecule has 0 bridgehead atoms. The van der Waals surface area contributed by atoms with Crippen molar-refractivity contribution in [1.29, 1.82) is 0 Å². The first kappa shape index (κ1) is 14.3. The largest absolute Gasteiger partial charge is 0.383 e. The van der Waals surface area contributed by atoms with E-state index in [-0.39, 0.29) is 18.5 Å². The van der Waals surface area contributed by atoms with E-state index in [2.05, 4.69) is 12.2 Å². The standard InChI is InChI=1S/C10H22N2O3/c1-4-5-8(7-14-2)12-10(13)9(6-11)15-3/h8-9H,4-7,11H2,1-3H3,(H,12,13). The number of methoxy groups -OCH3 is 2. The Hall–Kier alpha value is -0.650. The molecule has 2 unspecified atom stereocenters. The van der Waals surface area contributed by atoms with Gasteiger partial charge in [0.15, 0.2) is 0 Å². The molecule has 3 N–H and O–H groups in total. The average Bonchev–Trinajstić information content (AvgIpc) is 2.20. The minimum absolute atomic E-state index is 0.0386. The first-order valence-corrected chi connectivity index (χ1v) is 5.21. The summed E-state index contributed by atoms with van der Waals surface area (Å²) in [6, 6.07) is 0.0386. The number of rotatable bonds is 8. The fourth-order valence-electron chi connectivity index (χ4n) is 1.35. The maximum absolute atomic E-state index is 11.6. The lowest BCUT2D eigenvalue weighted by Crippen LogP contribution is -2.46. The Morgan fingerprint density at radius 1 is 1.47 bits per heavy atom. The fraction of sp³-hybridized carbons (Fsp3) is 0.900. The molecule has 0 radical (unpaired) electrons. The molecule has 5 nitrogen and oxygen atoms in total. The van der Waals surface area contributed by atoms with Crippen LogP contribution in [-0.2, 0) is 14.3 Å². The van der Waals surface area contributed by atoms with Crippen molar-refractivity contribution in [3.05, 3.63) is 0 Å². The molecule has 5 heteroatoms. The quantitative estimate of drug-likeness (QED) is 0.596. The van der Waals surface area contributed by atoms with Gasteiger partial charge >= 0.3 is 0 Å². The number of hydrogen-bond acceptors (Lipinski definition) is 4. The lowest BCUT2D eigenvalue weighted by Gasteiger charge is -2.20. The van der Waals surface area contributed by atoms with E-state index in [1.807, 2.05) is 0 Å². The van der Waals surface area contributed by atoms with Crippen LogP contribution < -0.4 is 11.1 Å². The predicted molar refractivity (Wildman–Crippen MR) is 58.6 cm³/mol. The van der Waals surface area contributed by atoms with Crippen LogP contribution in [0.1, 0.15) is 19.8 Å². The summed E-state index contributed by atoms with van der Waals surface area (Å²) in [6.45, 7) is 2.76. The van der Waals surface area contributed by atoms with Crippen LogP contribution in [0.15, 0.2) is 0 Å². The molecular weight excluding hydrogens is 196 g/mol. The van der Waals surface area contributed by atoms with E-state index in [0.29, 0.717) is 6.61 Å². The van der Waals surface area contributed by atoms with Crippen molar-refractivity contribution in [3.63, 3.8) is 0 Å². The van der Waals surface area contributed by atoms with E-state index in [1.54, 1.807) is 7.11 Å². The van der Waals surface area contributed by atoms with Crippen LogP contribution in [0.5, 0.6) is 0 Å². The highest BCUT2D eigenvalue weighted by atomic mass is 16.5. The molecule has 0 aliphatic rings. The van der Waals surface area contributed by atoms with Gasteiger partial charge in [0.1, 0.15) is 6.10 Å². The van der Waals surface area contributed by atoms with Crippen LogP contribution in [0.3, 0.4) is 0 Å². The van der Waals surface area contributed by atoms with E-state index in [0.717, 1.165) is 12.8 Å². The molecule has 0 aromatic carbocycles. The summed E-state index contributed by atoms with van der Waals surface area (Å²) in [5.41, 5.74) is 5.39. The zero-order chi connectivity index (χ0) is 11.7. The number of amides is 1. The second kappa shape index (κ2) is 8.64. The zero-order valence-corrected chi connectivity index (χ0v) is 9.79. The number of nitrogens with one attached hydrogen (secondary N) is 1. The lowest BCUT2D eigenvalue weighted by atomic mass is 10.1. The molecule has 0 aliphatic heterocycles. The van der Waals surface area contributed by atoms with Crippen LogP contribution >= 0.6 is 0 Å². The van der Waals surface area contributed by atoms with Crippen LogP contribution in [0.25, 0.3) is 0 Å². The summed E-state index contributed by atoms with van der Waals surface area (Å²) >= 11 is 0. The third-order valence-electron chi connectivity index (χ3n) is 2.14. The average molecular weight is 218 g/mol. The van der Waals surface area contributed by atoms with Crippen LogP contribution in [0, 0.1) is 0 Å². The van der Waals surface area contributed by atoms with E-state index in [1.165, 1.54) is 7.11 Å². The monoisotopic (exact) mass is 218 g/mol. The van der Waals surface area contributed by atoms with E-state index < -0.39 is 6.10 Å². The highest BCUT2D eigenvalue weighted by Gasteiger charge is 2.19. The van der Waals surface area contributed by atoms with Crippen molar-refractivity contribution < 1.29 is 14.3 Å². The van der Waals surface area contributed by atoms with Gasteiger partial charge in [-0.1, -0.05) is 13.3 Å². The van der Waals surface area contributed by atoms with Gasteiger partial charge in [0.25, 0.3) is 5.91 Å². The number of ether oxygens (including phenoxy) is 2. The smallest absolute Gasteiger partial charge is 0.250 e. The summed E-state index contributed by atoms with van der Waals surface area (Å²) in [7, 11) is 3.09. The molecule has 0 saturated carbocycles. The first-order chi connectivity index (χ1) is 7.19. The van der Waals surface area contributed by atoms with Crippen molar-refractivity contribution >= 4 is 5.91 Å². The minimum atomic E-state index is -0.568. The Bertz CT molecular complexity index is 166. The summed E-state index contributed by atoms with van der Waals surface area (Å²) in [5.74, 6) is -0.171. The van der Waals surface area contributed by atoms with Gasteiger partial charge in [0.2, 0.25) is 0 Å². The predicted octanol–water partition coefficient (Wildman–Crippen LogP) is -0.109. The van der Waals surface area contributed by atoms with Crippen LogP contribution in [0.2, 0.25) is 0 Å². The van der Waals surface area contributed by atoms with Gasteiger partial charge in [-0.05, 0) is 6.42 Å². The highest BCUT2D eigenvalue weighted by Crippen LogP contribution is 1.98. The van der Waals surface area contributed by atoms with Crippen molar-refractivity contribution in [3.8, 4) is 0 Å². The third kappa shape index (κ3) is 5.71. The van der Waals surface area contributed by atoms with Crippen molar-refractivity contribution in [2.24, 2.45) is 5.73 Å².